The summed E-state index contributed by atoms with van der Waals surface area (Å²) in [5, 5.41) is 0. The first kappa shape index (κ1) is 67.9. The Kier molecular flexibility index (Phi) is 48.8. The van der Waals surface area contributed by atoms with E-state index < -0.39 is 32.5 Å². The second-order valence-electron chi connectivity index (χ2n) is 18.9. The second-order valence-corrected chi connectivity index (χ2v) is 20.3. The Morgan fingerprint density at radius 3 is 1.22 bits per heavy atom. The van der Waals surface area contributed by atoms with Crippen LogP contribution in [0.2, 0.25) is 0 Å². The van der Waals surface area contributed by atoms with Gasteiger partial charge in [-0.05, 0) is 116 Å². The third-order valence-corrected chi connectivity index (χ3v) is 11.8. The first-order valence-electron chi connectivity index (χ1n) is 27.6. The molecule has 0 saturated heterocycles. The molecule has 0 aliphatic heterocycles. The molecule has 0 fully saturated rings. The van der Waals surface area contributed by atoms with E-state index in [1.807, 2.05) is 27.2 Å². The van der Waals surface area contributed by atoms with E-state index in [1.165, 1.54) is 25.7 Å². The molecule has 0 spiro atoms. The lowest BCUT2D eigenvalue weighted by Crippen LogP contribution is -2.37. The quantitative estimate of drug-likeness (QED) is 0.0211. The molecule has 0 aliphatic carbocycles. The first-order valence-corrected chi connectivity index (χ1v) is 29.1. The molecule has 10 heteroatoms. The third kappa shape index (κ3) is 55.2. The maximum Gasteiger partial charge on any atom is 0.472 e. The summed E-state index contributed by atoms with van der Waals surface area (Å²) >= 11 is 0. The highest BCUT2D eigenvalue weighted by atomic mass is 31.2. The van der Waals surface area contributed by atoms with E-state index in [9.17, 15) is 19.0 Å². The van der Waals surface area contributed by atoms with Gasteiger partial charge in [0.1, 0.15) is 19.8 Å². The molecular formula is C62H101NO8P+. The number of carbonyl (C=O) groups excluding carboxylic acids is 2. The molecule has 0 bridgehead atoms. The van der Waals surface area contributed by atoms with Crippen molar-refractivity contribution in [1.29, 1.82) is 0 Å². The zero-order valence-electron chi connectivity index (χ0n) is 45.8. The van der Waals surface area contributed by atoms with Crippen LogP contribution in [0.4, 0.5) is 0 Å². The van der Waals surface area contributed by atoms with Crippen LogP contribution >= 0.6 is 7.82 Å². The third-order valence-electron chi connectivity index (χ3n) is 10.9. The van der Waals surface area contributed by atoms with E-state index in [2.05, 4.69) is 154 Å². The van der Waals surface area contributed by atoms with Gasteiger partial charge in [-0.1, -0.05) is 198 Å². The van der Waals surface area contributed by atoms with Crippen LogP contribution in [0.1, 0.15) is 181 Å². The number of likely N-dealkylation sites (N-methyl/N-ethyl adjacent to an activating group) is 1. The molecule has 1 N–H and O–H groups in total. The Morgan fingerprint density at radius 2 is 0.806 bits per heavy atom. The number of phosphoric acid groups is 1. The largest absolute Gasteiger partial charge is 0.472 e. The van der Waals surface area contributed by atoms with Crippen molar-refractivity contribution in [3.8, 4) is 0 Å². The molecule has 0 aromatic carbocycles. The number of allylic oxidation sites excluding steroid dienone is 24. The minimum Gasteiger partial charge on any atom is -0.462 e. The van der Waals surface area contributed by atoms with Crippen molar-refractivity contribution in [2.45, 2.75) is 187 Å². The average Bonchev–Trinajstić information content (AvgIpc) is 3.34. The summed E-state index contributed by atoms with van der Waals surface area (Å²) in [6, 6.07) is 0. The molecule has 2 atom stereocenters. The van der Waals surface area contributed by atoms with E-state index >= 15 is 0 Å². The van der Waals surface area contributed by atoms with Crippen molar-refractivity contribution in [3.63, 3.8) is 0 Å². The zero-order valence-corrected chi connectivity index (χ0v) is 46.7. The lowest BCUT2D eigenvalue weighted by atomic mass is 10.1. The van der Waals surface area contributed by atoms with Crippen molar-refractivity contribution in [2.75, 3.05) is 47.5 Å². The smallest absolute Gasteiger partial charge is 0.462 e. The number of rotatable bonds is 48. The lowest BCUT2D eigenvalue weighted by Gasteiger charge is -2.24. The highest BCUT2D eigenvalue weighted by Crippen LogP contribution is 2.43. The number of carbonyl (C=O) groups is 2. The van der Waals surface area contributed by atoms with E-state index in [-0.39, 0.29) is 26.1 Å². The molecule has 0 radical (unpaired) electrons. The van der Waals surface area contributed by atoms with Gasteiger partial charge >= 0.3 is 19.8 Å². The van der Waals surface area contributed by atoms with E-state index in [4.69, 9.17) is 18.5 Å². The normalized spacial score (nSPS) is 14.5. The highest BCUT2D eigenvalue weighted by Gasteiger charge is 2.27. The topological polar surface area (TPSA) is 108 Å². The maximum absolute atomic E-state index is 12.8. The Morgan fingerprint density at radius 1 is 0.444 bits per heavy atom. The van der Waals surface area contributed by atoms with Gasteiger partial charge < -0.3 is 18.9 Å². The maximum atomic E-state index is 12.8. The molecule has 406 valence electrons. The van der Waals surface area contributed by atoms with Gasteiger partial charge in [0, 0.05) is 12.8 Å². The summed E-state index contributed by atoms with van der Waals surface area (Å²) < 4.78 is 34.4. The number of hydrogen-bond acceptors (Lipinski definition) is 7. The highest BCUT2D eigenvalue weighted by molar-refractivity contribution is 7.47. The van der Waals surface area contributed by atoms with Gasteiger partial charge in [0.05, 0.1) is 27.7 Å². The number of unbranched alkanes of at least 4 members (excludes halogenated alkanes) is 10. The van der Waals surface area contributed by atoms with Gasteiger partial charge in [-0.25, -0.2) is 4.57 Å². The monoisotopic (exact) mass is 1020 g/mol. The molecule has 0 aromatic rings. The van der Waals surface area contributed by atoms with Crippen LogP contribution in [-0.2, 0) is 32.7 Å². The fourth-order valence-electron chi connectivity index (χ4n) is 6.61. The number of ether oxygens (including phenoxy) is 2. The Balaban J connectivity index is 4.40. The number of nitrogens with zero attached hydrogens (tertiary/aromatic N) is 1. The molecule has 2 unspecified atom stereocenters. The molecule has 0 amide bonds. The Bertz CT molecular complexity index is 1720. The summed E-state index contributed by atoms with van der Waals surface area (Å²) in [6.45, 7) is 4.18. The molecule has 9 nitrogen and oxygen atoms in total. The Labute approximate surface area is 440 Å². The lowest BCUT2D eigenvalue weighted by molar-refractivity contribution is -0.870. The van der Waals surface area contributed by atoms with Crippen LogP contribution in [-0.4, -0.2) is 74.9 Å². The molecule has 0 rings (SSSR count). The number of hydrogen-bond donors (Lipinski definition) is 1. The van der Waals surface area contributed by atoms with Crippen LogP contribution in [0.15, 0.2) is 146 Å². The van der Waals surface area contributed by atoms with Crippen molar-refractivity contribution in [3.05, 3.63) is 146 Å². The van der Waals surface area contributed by atoms with Gasteiger partial charge in [-0.3, -0.25) is 18.6 Å². The van der Waals surface area contributed by atoms with Gasteiger partial charge in [0.15, 0.2) is 6.10 Å². The summed E-state index contributed by atoms with van der Waals surface area (Å²) in [5.74, 6) is -0.896. The number of esters is 2. The first-order chi connectivity index (χ1) is 35.0. The molecule has 0 aromatic heterocycles. The molecule has 72 heavy (non-hydrogen) atoms. The van der Waals surface area contributed by atoms with Crippen LogP contribution in [0.5, 0.6) is 0 Å². The fraction of sp³-hybridized carbons (Fsp3) is 0.581. The van der Waals surface area contributed by atoms with Gasteiger partial charge in [-0.15, -0.1) is 0 Å². The average molecular weight is 1020 g/mol. The van der Waals surface area contributed by atoms with Crippen LogP contribution in [0.25, 0.3) is 0 Å². The summed E-state index contributed by atoms with van der Waals surface area (Å²) in [7, 11) is 1.41. The Hall–Kier alpha value is -4.11. The zero-order chi connectivity index (χ0) is 52.7. The van der Waals surface area contributed by atoms with Crippen molar-refractivity contribution < 1.29 is 42.1 Å². The minimum absolute atomic E-state index is 0.00935. The second kappa shape index (κ2) is 51.8. The summed E-state index contributed by atoms with van der Waals surface area (Å²) in [4.78, 5) is 35.6. The van der Waals surface area contributed by atoms with E-state index in [0.717, 1.165) is 109 Å². The van der Waals surface area contributed by atoms with Crippen LogP contribution in [0, 0.1) is 0 Å². The van der Waals surface area contributed by atoms with Gasteiger partial charge in [-0.2, -0.15) is 0 Å². The van der Waals surface area contributed by atoms with Crippen molar-refractivity contribution in [2.24, 2.45) is 0 Å². The molecule has 0 saturated carbocycles. The summed E-state index contributed by atoms with van der Waals surface area (Å²) in [6.07, 6.45) is 76.3. The standard InChI is InChI=1S/C62H100NO8P/c1-6-8-10-12-14-16-18-20-22-24-26-27-28-29-30-31-32-33-34-35-37-39-41-43-45-47-49-51-53-55-62(65)71-60(59-70-72(66,67)69-57-56-63(3,4)5)58-68-61(64)54-52-50-48-46-44-42-40-38-36-25-23-21-19-17-15-13-11-9-7-2/h8,10,14-17,20-23,26-27,29-30,32-33,35-38,41,43,47,49,60H,6-7,9,11-13,18-19,24-25,28,31,34,39-40,42,44-46,48,50-59H2,1-5H3/p+1/b10-8-,16-14-,17-15-,22-20-,23-21-,27-26-,30-29-,33-32-,37-35-,38-36-,43-41-,49-47-. The van der Waals surface area contributed by atoms with Crippen LogP contribution in [0.3, 0.4) is 0 Å². The minimum atomic E-state index is -4.42. The van der Waals surface area contributed by atoms with Crippen molar-refractivity contribution >= 4 is 19.8 Å². The predicted octanol–water partition coefficient (Wildman–Crippen LogP) is 17.1. The number of quaternary nitrogens is 1. The van der Waals surface area contributed by atoms with E-state index in [1.54, 1.807) is 0 Å². The van der Waals surface area contributed by atoms with Crippen molar-refractivity contribution in [1.82, 2.24) is 0 Å². The molecule has 0 heterocycles. The molecular weight excluding hydrogens is 918 g/mol. The number of phosphoric ester groups is 1. The predicted molar refractivity (Wildman–Crippen MR) is 307 cm³/mol. The van der Waals surface area contributed by atoms with Gasteiger partial charge in [0.2, 0.25) is 0 Å². The van der Waals surface area contributed by atoms with E-state index in [0.29, 0.717) is 30.3 Å². The fourth-order valence-corrected chi connectivity index (χ4v) is 7.35. The SMILES string of the molecule is CC/C=C\C/C=C\C/C=C\C/C=C\C/C=C\C/C=C\C/C=C\C/C=C\C/C=C\CCCC(=O)OC(COC(=O)CCCCCCCC/C=C\C/C=C\C/C=C\CCCCC)COP(=O)(O)OCC[N+](C)(C)C. The molecule has 0 aliphatic rings. The van der Waals surface area contributed by atoms with Crippen LogP contribution < -0.4 is 0 Å². The van der Waals surface area contributed by atoms with Gasteiger partial charge in [0.25, 0.3) is 0 Å². The summed E-state index contributed by atoms with van der Waals surface area (Å²) in [5.41, 5.74) is 0.